The average Bonchev–Trinajstić information content (AvgIpc) is 2.51. The van der Waals surface area contributed by atoms with Gasteiger partial charge in [0, 0.05) is 31.9 Å². The zero-order valence-corrected chi connectivity index (χ0v) is 13.9. The number of nitrogens with zero attached hydrogens (tertiary/aromatic N) is 2. The molecule has 1 aromatic carbocycles. The molecule has 0 atom stereocenters. The van der Waals surface area contributed by atoms with Crippen molar-refractivity contribution in [3.05, 3.63) is 29.6 Å². The Labute approximate surface area is 139 Å². The van der Waals surface area contributed by atoms with Gasteiger partial charge in [-0.3, -0.25) is 4.79 Å². The van der Waals surface area contributed by atoms with Gasteiger partial charge in [-0.15, -0.1) is 0 Å². The Balaban J connectivity index is 1.86. The first-order chi connectivity index (χ1) is 11.2. The first kappa shape index (κ1) is 18.1. The van der Waals surface area contributed by atoms with Crippen molar-refractivity contribution in [3.63, 3.8) is 0 Å². The second-order valence-electron chi connectivity index (χ2n) is 5.35. The number of amides is 1. The predicted molar refractivity (Wildman–Crippen MR) is 84.1 cm³/mol. The SMILES string of the molecule is CS(=O)(=O)N1CCN(C(=O)COC(=O)c2ccc(F)cc2N)CC1. The second kappa shape index (κ2) is 7.14. The van der Waals surface area contributed by atoms with Crippen LogP contribution < -0.4 is 5.73 Å². The molecule has 0 aliphatic carbocycles. The maximum Gasteiger partial charge on any atom is 0.340 e. The van der Waals surface area contributed by atoms with E-state index in [4.69, 9.17) is 10.5 Å². The van der Waals surface area contributed by atoms with Crippen LogP contribution in [0.15, 0.2) is 18.2 Å². The van der Waals surface area contributed by atoms with Gasteiger partial charge in [-0.1, -0.05) is 0 Å². The molecule has 1 aliphatic heterocycles. The zero-order valence-electron chi connectivity index (χ0n) is 13.1. The summed E-state index contributed by atoms with van der Waals surface area (Å²) in [5, 5.41) is 0. The molecule has 1 heterocycles. The molecular formula is C14H18FN3O5S. The van der Waals surface area contributed by atoms with Crippen LogP contribution in [0.5, 0.6) is 0 Å². The molecule has 1 amide bonds. The summed E-state index contributed by atoms with van der Waals surface area (Å²) >= 11 is 0. The van der Waals surface area contributed by atoms with E-state index < -0.39 is 34.3 Å². The fourth-order valence-corrected chi connectivity index (χ4v) is 3.11. The Kier molecular flexibility index (Phi) is 5.40. The third-order valence-corrected chi connectivity index (χ3v) is 4.92. The number of nitrogens with two attached hydrogens (primary N) is 1. The van der Waals surface area contributed by atoms with E-state index >= 15 is 0 Å². The lowest BCUT2D eigenvalue weighted by molar-refractivity contribution is -0.135. The summed E-state index contributed by atoms with van der Waals surface area (Å²) in [6.07, 6.45) is 1.11. The molecule has 10 heteroatoms. The molecule has 0 spiro atoms. The Morgan fingerprint density at radius 3 is 2.42 bits per heavy atom. The van der Waals surface area contributed by atoms with Gasteiger partial charge in [-0.25, -0.2) is 17.6 Å². The lowest BCUT2D eigenvalue weighted by atomic mass is 10.2. The van der Waals surface area contributed by atoms with Gasteiger partial charge in [0.1, 0.15) is 5.82 Å². The topological polar surface area (TPSA) is 110 Å². The van der Waals surface area contributed by atoms with Gasteiger partial charge >= 0.3 is 5.97 Å². The number of halogens is 1. The van der Waals surface area contributed by atoms with E-state index in [1.54, 1.807) is 0 Å². The Morgan fingerprint density at radius 1 is 1.25 bits per heavy atom. The number of anilines is 1. The Hall–Kier alpha value is -2.20. The van der Waals surface area contributed by atoms with Crippen LogP contribution in [-0.4, -0.2) is 68.5 Å². The molecule has 0 bridgehead atoms. The molecule has 2 N–H and O–H groups in total. The van der Waals surface area contributed by atoms with Crippen LogP contribution in [0.3, 0.4) is 0 Å². The van der Waals surface area contributed by atoms with E-state index in [-0.39, 0.29) is 37.4 Å². The molecule has 1 aliphatic rings. The van der Waals surface area contributed by atoms with Gasteiger partial charge in [0.25, 0.3) is 5.91 Å². The minimum Gasteiger partial charge on any atom is -0.452 e. The molecule has 0 saturated carbocycles. The summed E-state index contributed by atoms with van der Waals surface area (Å²) in [6, 6.07) is 3.24. The minimum atomic E-state index is -3.28. The lowest BCUT2D eigenvalue weighted by Crippen LogP contribution is -2.51. The Bertz CT molecular complexity index is 745. The maximum absolute atomic E-state index is 12.9. The quantitative estimate of drug-likeness (QED) is 0.582. The highest BCUT2D eigenvalue weighted by atomic mass is 32.2. The average molecular weight is 359 g/mol. The fourth-order valence-electron chi connectivity index (χ4n) is 2.28. The smallest absolute Gasteiger partial charge is 0.340 e. The third-order valence-electron chi connectivity index (χ3n) is 3.62. The van der Waals surface area contributed by atoms with Crippen molar-refractivity contribution < 1.29 is 27.1 Å². The number of esters is 1. The summed E-state index contributed by atoms with van der Waals surface area (Å²) in [4.78, 5) is 25.3. The van der Waals surface area contributed by atoms with Crippen LogP contribution in [0, 0.1) is 5.82 Å². The van der Waals surface area contributed by atoms with Gasteiger partial charge in [-0.2, -0.15) is 4.31 Å². The van der Waals surface area contributed by atoms with Crippen LogP contribution in [0.1, 0.15) is 10.4 Å². The van der Waals surface area contributed by atoms with E-state index in [9.17, 15) is 22.4 Å². The number of rotatable bonds is 4. The molecule has 0 unspecified atom stereocenters. The highest BCUT2D eigenvalue weighted by Crippen LogP contribution is 2.14. The lowest BCUT2D eigenvalue weighted by Gasteiger charge is -2.33. The molecule has 1 saturated heterocycles. The van der Waals surface area contributed by atoms with Gasteiger partial charge in [0.2, 0.25) is 10.0 Å². The second-order valence-corrected chi connectivity index (χ2v) is 7.33. The third kappa shape index (κ3) is 4.42. The summed E-state index contributed by atoms with van der Waals surface area (Å²) in [6.45, 7) is 0.353. The van der Waals surface area contributed by atoms with Crippen LogP contribution in [0.2, 0.25) is 0 Å². The van der Waals surface area contributed by atoms with Crippen LogP contribution >= 0.6 is 0 Å². The van der Waals surface area contributed by atoms with E-state index in [2.05, 4.69) is 0 Å². The molecule has 1 aromatic rings. The molecule has 8 nitrogen and oxygen atoms in total. The number of piperazine rings is 1. The van der Waals surface area contributed by atoms with E-state index in [1.807, 2.05) is 0 Å². The first-order valence-electron chi connectivity index (χ1n) is 7.13. The minimum absolute atomic E-state index is 0.0221. The van der Waals surface area contributed by atoms with Gasteiger partial charge in [-0.05, 0) is 18.2 Å². The first-order valence-corrected chi connectivity index (χ1v) is 8.98. The molecule has 1 fully saturated rings. The van der Waals surface area contributed by atoms with E-state index in [0.29, 0.717) is 0 Å². The Morgan fingerprint density at radius 2 is 1.88 bits per heavy atom. The number of carbonyl (C=O) groups excluding carboxylic acids is 2. The molecule has 2 rings (SSSR count). The van der Waals surface area contributed by atoms with Crippen molar-refractivity contribution in [2.45, 2.75) is 0 Å². The summed E-state index contributed by atoms with van der Waals surface area (Å²) in [5.41, 5.74) is 5.43. The number of ether oxygens (including phenoxy) is 1. The summed E-state index contributed by atoms with van der Waals surface area (Å²) in [5.74, 6) is -1.84. The van der Waals surface area contributed by atoms with Crippen molar-refractivity contribution in [2.24, 2.45) is 0 Å². The fraction of sp³-hybridized carbons (Fsp3) is 0.429. The van der Waals surface area contributed by atoms with Gasteiger partial charge < -0.3 is 15.4 Å². The van der Waals surface area contributed by atoms with E-state index in [1.165, 1.54) is 15.3 Å². The van der Waals surface area contributed by atoms with Gasteiger partial charge in [0.15, 0.2) is 6.61 Å². The highest BCUT2D eigenvalue weighted by Gasteiger charge is 2.26. The molecule has 0 aromatic heterocycles. The number of nitrogen functional groups attached to an aromatic ring is 1. The van der Waals surface area contributed by atoms with Crippen LogP contribution in [0.25, 0.3) is 0 Å². The summed E-state index contributed by atoms with van der Waals surface area (Å²) in [7, 11) is -3.28. The number of benzene rings is 1. The maximum atomic E-state index is 12.9. The number of carbonyl (C=O) groups is 2. The van der Waals surface area contributed by atoms with Crippen molar-refractivity contribution in [1.82, 2.24) is 9.21 Å². The molecular weight excluding hydrogens is 341 g/mol. The van der Waals surface area contributed by atoms with Crippen LogP contribution in [-0.2, 0) is 19.6 Å². The largest absolute Gasteiger partial charge is 0.452 e. The molecule has 132 valence electrons. The summed E-state index contributed by atoms with van der Waals surface area (Å²) < 4.78 is 41.9. The molecule has 0 radical (unpaired) electrons. The standard InChI is InChI=1S/C14H18FN3O5S/c1-24(21,22)18-6-4-17(5-7-18)13(19)9-23-14(20)11-3-2-10(15)8-12(11)16/h2-3,8H,4-7,9,16H2,1H3. The zero-order chi connectivity index (χ0) is 17.9. The van der Waals surface area contributed by atoms with Crippen molar-refractivity contribution in [2.75, 3.05) is 44.8 Å². The van der Waals surface area contributed by atoms with Crippen molar-refractivity contribution >= 4 is 27.6 Å². The predicted octanol–water partition coefficient (Wildman–Crippen LogP) is -0.331. The van der Waals surface area contributed by atoms with E-state index in [0.717, 1.165) is 18.4 Å². The monoisotopic (exact) mass is 359 g/mol. The highest BCUT2D eigenvalue weighted by molar-refractivity contribution is 7.88. The van der Waals surface area contributed by atoms with Crippen LogP contribution in [0.4, 0.5) is 10.1 Å². The molecule has 24 heavy (non-hydrogen) atoms. The van der Waals surface area contributed by atoms with Crippen molar-refractivity contribution in [1.29, 1.82) is 0 Å². The number of hydrogen-bond donors (Lipinski definition) is 1. The number of sulfonamides is 1. The van der Waals surface area contributed by atoms with Crippen molar-refractivity contribution in [3.8, 4) is 0 Å². The van der Waals surface area contributed by atoms with Gasteiger partial charge in [0.05, 0.1) is 11.8 Å². The number of hydrogen-bond acceptors (Lipinski definition) is 6. The normalized spacial score (nSPS) is 16.0.